The first-order chi connectivity index (χ1) is 15.8. The van der Waals surface area contributed by atoms with Gasteiger partial charge >= 0.3 is 0 Å². The van der Waals surface area contributed by atoms with E-state index in [0.717, 1.165) is 48.2 Å². The molecular weight excluding hydrogens is 392 g/mol. The van der Waals surface area contributed by atoms with Gasteiger partial charge in [-0.2, -0.15) is 4.58 Å². The first kappa shape index (κ1) is 17.8. The van der Waals surface area contributed by atoms with Crippen molar-refractivity contribution in [3.05, 3.63) is 107 Å². The summed E-state index contributed by atoms with van der Waals surface area (Å²) in [6.45, 7) is 2.02. The van der Waals surface area contributed by atoms with Crippen molar-refractivity contribution < 1.29 is 4.42 Å². The molecule has 1 aliphatic carbocycles. The lowest BCUT2D eigenvalue weighted by Gasteiger charge is -2.20. The minimum absolute atomic E-state index is 0.929. The Morgan fingerprint density at radius 3 is 2.59 bits per heavy atom. The summed E-state index contributed by atoms with van der Waals surface area (Å²) in [5, 5.41) is 2.32. The van der Waals surface area contributed by atoms with E-state index in [2.05, 4.69) is 100 Å². The molecule has 0 unspecified atom stereocenters. The van der Waals surface area contributed by atoms with Crippen molar-refractivity contribution in [1.29, 1.82) is 0 Å². The molecule has 3 aromatic carbocycles. The first-order valence-corrected chi connectivity index (χ1v) is 11.4. The molecule has 0 saturated heterocycles. The first-order valence-electron chi connectivity index (χ1n) is 11.4. The van der Waals surface area contributed by atoms with Crippen molar-refractivity contribution in [2.75, 3.05) is 18.0 Å². The lowest BCUT2D eigenvalue weighted by Crippen LogP contribution is -2.23. The van der Waals surface area contributed by atoms with E-state index in [9.17, 15) is 0 Å². The van der Waals surface area contributed by atoms with Gasteiger partial charge in [-0.05, 0) is 42.3 Å². The number of para-hydroxylation sites is 2. The predicted octanol–water partition coefficient (Wildman–Crippen LogP) is 5.89. The maximum Gasteiger partial charge on any atom is 0.209 e. The van der Waals surface area contributed by atoms with Gasteiger partial charge in [0.1, 0.15) is 11.3 Å². The molecule has 0 amide bonds. The Morgan fingerprint density at radius 2 is 1.62 bits per heavy atom. The largest absolute Gasteiger partial charge is 0.456 e. The van der Waals surface area contributed by atoms with E-state index in [1.807, 2.05) is 0 Å². The molecule has 0 atom stereocenters. The third-order valence-electron chi connectivity index (χ3n) is 6.92. The van der Waals surface area contributed by atoms with Gasteiger partial charge < -0.3 is 9.32 Å². The molecule has 0 radical (unpaired) electrons. The summed E-state index contributed by atoms with van der Waals surface area (Å²) >= 11 is 0. The number of rotatable bonds is 1. The Kier molecular flexibility index (Phi) is 3.80. The van der Waals surface area contributed by atoms with Gasteiger partial charge in [-0.1, -0.05) is 36.4 Å². The van der Waals surface area contributed by atoms with Gasteiger partial charge in [-0.25, -0.2) is 0 Å². The molecule has 0 saturated carbocycles. The molecule has 3 aliphatic heterocycles. The standard InChI is InChI=1S/C29H23N2O/c1-3-7-26-20(5-1)13-15-30(26)24-11-9-22-17-23-10-12-25(19-29(23)32-28(22)18-24)31-16-14-21-6-2-4-8-27(21)31/h1-12,17-19H,13-16H2/q+1. The highest BCUT2D eigenvalue weighted by Crippen LogP contribution is 2.37. The van der Waals surface area contributed by atoms with Crippen molar-refractivity contribution in [2.24, 2.45) is 0 Å². The van der Waals surface area contributed by atoms with Crippen molar-refractivity contribution in [2.45, 2.75) is 12.8 Å². The summed E-state index contributed by atoms with van der Waals surface area (Å²) in [5.74, 6) is 0.929. The van der Waals surface area contributed by atoms with Crippen molar-refractivity contribution in [3.63, 3.8) is 0 Å². The molecule has 3 nitrogen and oxygen atoms in total. The molecule has 4 aliphatic rings. The molecule has 3 heteroatoms. The Bertz CT molecular complexity index is 1540. The smallest absolute Gasteiger partial charge is 0.209 e. The van der Waals surface area contributed by atoms with E-state index < -0.39 is 0 Å². The highest BCUT2D eigenvalue weighted by Gasteiger charge is 2.24. The van der Waals surface area contributed by atoms with Gasteiger partial charge in [0.25, 0.3) is 0 Å². The van der Waals surface area contributed by atoms with E-state index in [4.69, 9.17) is 4.42 Å². The summed E-state index contributed by atoms with van der Waals surface area (Å²) in [4.78, 5) is 2.39. The van der Waals surface area contributed by atoms with Crippen LogP contribution in [0.25, 0.3) is 22.3 Å². The van der Waals surface area contributed by atoms with Crippen LogP contribution in [0.4, 0.5) is 17.1 Å². The van der Waals surface area contributed by atoms with Crippen LogP contribution in [0.3, 0.4) is 0 Å². The zero-order valence-corrected chi connectivity index (χ0v) is 17.8. The average molecular weight is 416 g/mol. The van der Waals surface area contributed by atoms with Gasteiger partial charge in [0.2, 0.25) is 11.0 Å². The number of benzene rings is 4. The predicted molar refractivity (Wildman–Crippen MR) is 130 cm³/mol. The fourth-order valence-corrected chi connectivity index (χ4v) is 5.30. The second-order valence-electron chi connectivity index (χ2n) is 8.75. The molecule has 3 aromatic rings. The molecule has 0 fully saturated rings. The van der Waals surface area contributed by atoms with Crippen LogP contribution in [-0.2, 0) is 12.8 Å². The van der Waals surface area contributed by atoms with Crippen LogP contribution in [0.15, 0.2) is 95.4 Å². The Labute approximate surface area is 186 Å². The van der Waals surface area contributed by atoms with Crippen molar-refractivity contribution in [1.82, 2.24) is 4.58 Å². The molecule has 3 heterocycles. The topological polar surface area (TPSA) is 19.4 Å². The van der Waals surface area contributed by atoms with Crippen LogP contribution in [0, 0.1) is 0 Å². The molecular formula is C29H23N2O+. The monoisotopic (exact) mass is 415 g/mol. The number of anilines is 2. The van der Waals surface area contributed by atoms with Crippen LogP contribution < -0.4 is 14.8 Å². The normalized spacial score (nSPS) is 16.6. The van der Waals surface area contributed by atoms with Gasteiger partial charge in [0, 0.05) is 59.1 Å². The van der Waals surface area contributed by atoms with E-state index >= 15 is 0 Å². The molecule has 154 valence electrons. The summed E-state index contributed by atoms with van der Waals surface area (Å²) in [6.07, 6.45) is 2.17. The maximum absolute atomic E-state index is 6.47. The van der Waals surface area contributed by atoms with E-state index in [1.54, 1.807) is 0 Å². The summed E-state index contributed by atoms with van der Waals surface area (Å²) < 4.78 is 8.86. The highest BCUT2D eigenvalue weighted by atomic mass is 16.3. The molecule has 7 rings (SSSR count). The Morgan fingerprint density at radius 1 is 0.750 bits per heavy atom. The van der Waals surface area contributed by atoms with Crippen molar-refractivity contribution >= 4 is 28.0 Å². The van der Waals surface area contributed by atoms with Crippen molar-refractivity contribution in [3.8, 4) is 11.3 Å². The molecule has 0 N–H and O–H groups in total. The SMILES string of the molecule is c1ccc2c(c1)CCN2c1ccc2cc3ccc(=[N+]4CCc5ccccc54)cc-3oc2c1. The molecule has 0 bridgehead atoms. The number of hydrogen-bond acceptors (Lipinski definition) is 2. The lowest BCUT2D eigenvalue weighted by molar-refractivity contribution is 0.617. The third kappa shape index (κ3) is 2.71. The quantitative estimate of drug-likeness (QED) is 0.251. The van der Waals surface area contributed by atoms with E-state index in [-0.39, 0.29) is 0 Å². The summed E-state index contributed by atoms with van der Waals surface area (Å²) in [5.41, 5.74) is 8.70. The lowest BCUT2D eigenvalue weighted by atomic mass is 10.1. The fraction of sp³-hybridized carbons (Fsp3) is 0.138. The minimum atomic E-state index is 0.929. The van der Waals surface area contributed by atoms with Gasteiger partial charge in [0.15, 0.2) is 6.54 Å². The Balaban J connectivity index is 1.37. The highest BCUT2D eigenvalue weighted by molar-refractivity contribution is 5.87. The van der Waals surface area contributed by atoms with Crippen LogP contribution in [0.1, 0.15) is 11.1 Å². The zero-order valence-electron chi connectivity index (χ0n) is 17.8. The molecule has 32 heavy (non-hydrogen) atoms. The second kappa shape index (κ2) is 6.83. The molecule has 0 spiro atoms. The van der Waals surface area contributed by atoms with E-state index in [0.29, 0.717) is 0 Å². The maximum atomic E-state index is 6.47. The second-order valence-corrected chi connectivity index (χ2v) is 8.75. The summed E-state index contributed by atoms with van der Waals surface area (Å²) in [7, 11) is 0. The summed E-state index contributed by atoms with van der Waals surface area (Å²) in [6, 6.07) is 32.8. The zero-order chi connectivity index (χ0) is 21.1. The minimum Gasteiger partial charge on any atom is -0.456 e. The van der Waals surface area contributed by atoms with E-state index in [1.165, 1.54) is 33.5 Å². The van der Waals surface area contributed by atoms with Gasteiger partial charge in [-0.3, -0.25) is 0 Å². The molecule has 0 aromatic heterocycles. The van der Waals surface area contributed by atoms with Crippen LogP contribution in [0.2, 0.25) is 0 Å². The number of fused-ring (bicyclic) bond motifs is 4. The number of nitrogens with zero attached hydrogens (tertiary/aromatic N) is 2. The average Bonchev–Trinajstić information content (AvgIpc) is 3.47. The number of hydrogen-bond donors (Lipinski definition) is 0. The Hall–Kier alpha value is -3.85. The van der Waals surface area contributed by atoms with Gasteiger partial charge in [0.05, 0.1) is 6.07 Å². The van der Waals surface area contributed by atoms with Crippen LogP contribution in [-0.4, -0.2) is 13.1 Å². The fourth-order valence-electron chi connectivity index (χ4n) is 5.30. The third-order valence-corrected chi connectivity index (χ3v) is 6.92. The van der Waals surface area contributed by atoms with Crippen LogP contribution >= 0.6 is 0 Å². The van der Waals surface area contributed by atoms with Gasteiger partial charge in [-0.15, -0.1) is 0 Å². The van der Waals surface area contributed by atoms with Crippen LogP contribution in [0.5, 0.6) is 0 Å².